The molecule has 0 aromatic heterocycles. The summed E-state index contributed by atoms with van der Waals surface area (Å²) in [5.41, 5.74) is 12.2. The SMILES string of the molecule is C1=C2CCC(=CC3=NC(CC3)C3CCC(=N3)/C=C3/CCC1=N3)N2.CCC(N)=O. The molecule has 1 amide bonds. The standard InChI is InChI=1S/C19H22N4.C3H7NO/c1-3-14-10-16-5-7-18(22-16)19-8-6-17(23-19)11-15-4-2-13(21-15)9-12(1)20-14;1-2-3(4)5/h9-11,18-20H,1-8H2;2H2,1H3,(H2,4,5)/b12-9?,14-10?,15-11-;. The monoisotopic (exact) mass is 379 g/mol. The van der Waals surface area contributed by atoms with E-state index in [4.69, 9.17) is 15.0 Å². The van der Waals surface area contributed by atoms with Crippen molar-refractivity contribution in [3.8, 4) is 0 Å². The van der Waals surface area contributed by atoms with Gasteiger partial charge in [-0.15, -0.1) is 0 Å². The van der Waals surface area contributed by atoms with Crippen molar-refractivity contribution in [3.05, 3.63) is 35.3 Å². The summed E-state index contributed by atoms with van der Waals surface area (Å²) in [5.74, 6) is -0.245. The molecule has 2 atom stereocenters. The molecule has 0 saturated carbocycles. The van der Waals surface area contributed by atoms with Gasteiger partial charge in [0.1, 0.15) is 0 Å². The molecule has 0 aromatic carbocycles. The summed E-state index contributed by atoms with van der Waals surface area (Å²) in [6.45, 7) is 1.72. The highest BCUT2D eigenvalue weighted by Gasteiger charge is 2.29. The van der Waals surface area contributed by atoms with E-state index in [9.17, 15) is 4.79 Å². The Morgan fingerprint density at radius 1 is 0.929 bits per heavy atom. The molecule has 5 rings (SSSR count). The number of allylic oxidation sites excluding steroid dienone is 6. The van der Waals surface area contributed by atoms with Gasteiger partial charge in [0.15, 0.2) is 0 Å². The normalized spacial score (nSPS) is 29.5. The number of nitrogens with one attached hydrogen (secondary N) is 1. The summed E-state index contributed by atoms with van der Waals surface area (Å²) < 4.78 is 0. The molecule has 1 saturated heterocycles. The molecule has 1 fully saturated rings. The number of nitrogens with two attached hydrogens (primary N) is 1. The summed E-state index contributed by atoms with van der Waals surface area (Å²) in [6.07, 6.45) is 16.0. The van der Waals surface area contributed by atoms with Crippen LogP contribution in [0.5, 0.6) is 0 Å². The summed E-state index contributed by atoms with van der Waals surface area (Å²) in [5, 5.41) is 3.57. The van der Waals surface area contributed by atoms with Gasteiger partial charge in [-0.1, -0.05) is 6.92 Å². The van der Waals surface area contributed by atoms with Crippen molar-refractivity contribution in [1.29, 1.82) is 0 Å². The minimum atomic E-state index is -0.245. The molecule has 5 heterocycles. The van der Waals surface area contributed by atoms with Crippen LogP contribution in [0.25, 0.3) is 0 Å². The van der Waals surface area contributed by atoms with E-state index in [1.165, 1.54) is 34.2 Å². The maximum absolute atomic E-state index is 9.59. The Hall–Kier alpha value is -2.50. The molecular weight excluding hydrogens is 350 g/mol. The fourth-order valence-corrected chi connectivity index (χ4v) is 4.22. The molecule has 5 aliphatic rings. The minimum absolute atomic E-state index is 0.245. The number of nitrogens with zero attached hydrogens (tertiary/aromatic N) is 3. The maximum Gasteiger partial charge on any atom is 0.217 e. The molecule has 3 N–H and O–H groups in total. The van der Waals surface area contributed by atoms with Crippen molar-refractivity contribution < 1.29 is 4.79 Å². The summed E-state index contributed by atoms with van der Waals surface area (Å²) in [4.78, 5) is 24.3. The number of rotatable bonds is 1. The summed E-state index contributed by atoms with van der Waals surface area (Å²) in [7, 11) is 0. The van der Waals surface area contributed by atoms with Gasteiger partial charge < -0.3 is 11.1 Å². The third-order valence-electron chi connectivity index (χ3n) is 5.77. The van der Waals surface area contributed by atoms with Gasteiger partial charge in [0.25, 0.3) is 0 Å². The van der Waals surface area contributed by atoms with E-state index in [-0.39, 0.29) is 5.91 Å². The second-order valence-corrected chi connectivity index (χ2v) is 7.98. The molecule has 0 aromatic rings. The second kappa shape index (κ2) is 8.25. The first kappa shape index (κ1) is 18.8. The molecule has 2 unspecified atom stereocenters. The van der Waals surface area contributed by atoms with Crippen LogP contribution in [-0.4, -0.2) is 35.1 Å². The highest BCUT2D eigenvalue weighted by molar-refractivity contribution is 6.01. The Balaban J connectivity index is 0.000000346. The lowest BCUT2D eigenvalue weighted by molar-refractivity contribution is -0.117. The number of fused-ring (bicyclic) bond motifs is 6. The van der Waals surface area contributed by atoms with Crippen LogP contribution < -0.4 is 11.1 Å². The Bertz CT molecular complexity index is 843. The van der Waals surface area contributed by atoms with Gasteiger partial charge in [0.05, 0.1) is 12.1 Å². The van der Waals surface area contributed by atoms with E-state index in [0.717, 1.165) is 51.4 Å². The average molecular weight is 380 g/mol. The Morgan fingerprint density at radius 2 is 1.50 bits per heavy atom. The third kappa shape index (κ3) is 4.49. The van der Waals surface area contributed by atoms with Gasteiger partial charge in [0.2, 0.25) is 5.91 Å². The van der Waals surface area contributed by atoms with Crippen LogP contribution in [0.15, 0.2) is 50.3 Å². The molecule has 0 radical (unpaired) electrons. The maximum atomic E-state index is 9.59. The molecule has 148 valence electrons. The van der Waals surface area contributed by atoms with Crippen molar-refractivity contribution in [3.63, 3.8) is 0 Å². The van der Waals surface area contributed by atoms with Gasteiger partial charge in [-0.2, -0.15) is 0 Å². The number of amides is 1. The summed E-state index contributed by atoms with van der Waals surface area (Å²) >= 11 is 0. The van der Waals surface area contributed by atoms with Gasteiger partial charge in [0, 0.05) is 40.6 Å². The lowest BCUT2D eigenvalue weighted by Gasteiger charge is -2.11. The Morgan fingerprint density at radius 3 is 2.11 bits per heavy atom. The molecule has 0 spiro atoms. The van der Waals surface area contributed by atoms with E-state index in [2.05, 4.69) is 29.3 Å². The average Bonchev–Trinajstić information content (AvgIpc) is 3.45. The lowest BCUT2D eigenvalue weighted by Crippen LogP contribution is -2.17. The number of hydrogen-bond acceptors (Lipinski definition) is 5. The lowest BCUT2D eigenvalue weighted by atomic mass is 10.0. The molecular formula is C22H29N5O. The fraction of sp³-hybridized carbons (Fsp3) is 0.545. The van der Waals surface area contributed by atoms with Crippen molar-refractivity contribution >= 4 is 23.0 Å². The highest BCUT2D eigenvalue weighted by atomic mass is 16.1. The first-order valence-corrected chi connectivity index (χ1v) is 10.5. The van der Waals surface area contributed by atoms with E-state index in [1.807, 2.05) is 0 Å². The topological polar surface area (TPSA) is 92.2 Å². The first-order valence-electron chi connectivity index (χ1n) is 10.5. The molecule has 6 nitrogen and oxygen atoms in total. The quantitative estimate of drug-likeness (QED) is 0.731. The van der Waals surface area contributed by atoms with Crippen molar-refractivity contribution in [2.45, 2.75) is 76.8 Å². The molecule has 0 aliphatic carbocycles. The minimum Gasteiger partial charge on any atom is -0.370 e. The number of hydrogen-bond donors (Lipinski definition) is 2. The van der Waals surface area contributed by atoms with Crippen LogP contribution in [-0.2, 0) is 4.79 Å². The van der Waals surface area contributed by atoms with Gasteiger partial charge in [-0.25, -0.2) is 0 Å². The molecule has 6 heteroatoms. The van der Waals surface area contributed by atoms with Crippen LogP contribution in [0.2, 0.25) is 0 Å². The van der Waals surface area contributed by atoms with Crippen LogP contribution in [0.1, 0.15) is 64.7 Å². The number of carbonyl (C=O) groups is 1. The largest absolute Gasteiger partial charge is 0.370 e. The fourth-order valence-electron chi connectivity index (χ4n) is 4.22. The van der Waals surface area contributed by atoms with Crippen molar-refractivity contribution in [1.82, 2.24) is 5.32 Å². The predicted molar refractivity (Wildman–Crippen MR) is 114 cm³/mol. The van der Waals surface area contributed by atoms with Crippen LogP contribution in [0, 0.1) is 0 Å². The van der Waals surface area contributed by atoms with Crippen LogP contribution in [0.4, 0.5) is 0 Å². The number of aliphatic imine (C=N–C) groups is 3. The van der Waals surface area contributed by atoms with E-state index in [1.54, 1.807) is 6.92 Å². The van der Waals surface area contributed by atoms with Crippen molar-refractivity contribution in [2.75, 3.05) is 0 Å². The van der Waals surface area contributed by atoms with Crippen LogP contribution in [0.3, 0.4) is 0 Å². The van der Waals surface area contributed by atoms with Crippen LogP contribution >= 0.6 is 0 Å². The zero-order valence-corrected chi connectivity index (χ0v) is 16.6. The Kier molecular flexibility index (Phi) is 5.55. The third-order valence-corrected chi connectivity index (χ3v) is 5.77. The van der Waals surface area contributed by atoms with E-state index < -0.39 is 0 Å². The second-order valence-electron chi connectivity index (χ2n) is 7.98. The van der Waals surface area contributed by atoms with Gasteiger partial charge in [-0.05, 0) is 69.6 Å². The van der Waals surface area contributed by atoms with Gasteiger partial charge >= 0.3 is 0 Å². The summed E-state index contributed by atoms with van der Waals surface area (Å²) in [6, 6.07) is 0.778. The molecule has 28 heavy (non-hydrogen) atoms. The number of primary amides is 1. The predicted octanol–water partition coefficient (Wildman–Crippen LogP) is 3.36. The molecule has 5 aliphatic heterocycles. The van der Waals surface area contributed by atoms with E-state index in [0.29, 0.717) is 18.5 Å². The Labute approximate surface area is 166 Å². The molecule has 8 bridgehead atoms. The first-order chi connectivity index (χ1) is 13.6. The van der Waals surface area contributed by atoms with Crippen molar-refractivity contribution in [2.24, 2.45) is 20.7 Å². The zero-order valence-electron chi connectivity index (χ0n) is 16.6. The zero-order chi connectivity index (χ0) is 19.5. The smallest absolute Gasteiger partial charge is 0.217 e. The number of carbonyl (C=O) groups excluding carboxylic acids is 1. The van der Waals surface area contributed by atoms with E-state index >= 15 is 0 Å². The van der Waals surface area contributed by atoms with Gasteiger partial charge in [-0.3, -0.25) is 19.8 Å². The highest BCUT2D eigenvalue weighted by Crippen LogP contribution is 2.30.